The monoisotopic (exact) mass is 231 g/mol. The van der Waals surface area contributed by atoms with Crippen LogP contribution in [0.4, 0.5) is 0 Å². The van der Waals surface area contributed by atoms with Crippen molar-refractivity contribution in [1.29, 1.82) is 0 Å². The highest BCUT2D eigenvalue weighted by Gasteiger charge is 2.22. The Morgan fingerprint density at radius 2 is 2.24 bits per heavy atom. The van der Waals surface area contributed by atoms with E-state index in [4.69, 9.17) is 4.98 Å². The second-order valence-electron chi connectivity index (χ2n) is 4.47. The number of imidazole rings is 1. The number of fused-ring (bicyclic) bond motifs is 1. The van der Waals surface area contributed by atoms with Crippen LogP contribution < -0.4 is 5.32 Å². The summed E-state index contributed by atoms with van der Waals surface area (Å²) in [6.45, 7) is 6.95. The number of nitrogens with zero attached hydrogens (tertiary/aromatic N) is 4. The minimum absolute atomic E-state index is 0.876. The molecule has 0 radical (unpaired) electrons. The molecule has 90 valence electrons. The Bertz CT molecular complexity index is 544. The molecule has 0 aromatic carbocycles. The number of hydrogen-bond donors (Lipinski definition) is 1. The minimum Gasteiger partial charge on any atom is -0.325 e. The van der Waals surface area contributed by atoms with E-state index in [1.54, 1.807) is 0 Å². The van der Waals surface area contributed by atoms with Crippen molar-refractivity contribution in [2.75, 3.05) is 0 Å². The molecule has 0 bridgehead atoms. The molecule has 0 fully saturated rings. The summed E-state index contributed by atoms with van der Waals surface area (Å²) in [6, 6.07) is 2.09. The van der Waals surface area contributed by atoms with Crippen molar-refractivity contribution in [3.05, 3.63) is 23.1 Å². The van der Waals surface area contributed by atoms with Gasteiger partial charge in [-0.2, -0.15) is 5.10 Å². The van der Waals surface area contributed by atoms with Gasteiger partial charge in [0.1, 0.15) is 5.69 Å². The zero-order valence-corrected chi connectivity index (χ0v) is 10.5. The van der Waals surface area contributed by atoms with Gasteiger partial charge in [0.25, 0.3) is 0 Å². The van der Waals surface area contributed by atoms with Gasteiger partial charge in [-0.05, 0) is 19.9 Å². The summed E-state index contributed by atoms with van der Waals surface area (Å²) < 4.78 is 4.16. The molecule has 0 unspecified atom stereocenters. The molecule has 1 aliphatic rings. The maximum atomic E-state index is 4.71. The van der Waals surface area contributed by atoms with E-state index in [9.17, 15) is 0 Å². The lowest BCUT2D eigenvalue weighted by molar-refractivity contribution is 0.672. The van der Waals surface area contributed by atoms with Crippen LogP contribution in [0.5, 0.6) is 0 Å². The SMILES string of the molecule is CCn1c(-c2cc(C)n(C)n2)nc2c1CNC2. The lowest BCUT2D eigenvalue weighted by atomic mass is 10.3. The van der Waals surface area contributed by atoms with Gasteiger partial charge in [-0.15, -0.1) is 0 Å². The average Bonchev–Trinajstić information content (AvgIpc) is 2.93. The summed E-state index contributed by atoms with van der Waals surface area (Å²) in [5.74, 6) is 1.00. The highest BCUT2D eigenvalue weighted by molar-refractivity contribution is 5.53. The van der Waals surface area contributed by atoms with Gasteiger partial charge in [-0.1, -0.05) is 0 Å². The normalized spacial score (nSPS) is 14.3. The van der Waals surface area contributed by atoms with E-state index < -0.39 is 0 Å². The quantitative estimate of drug-likeness (QED) is 0.845. The number of nitrogens with one attached hydrogen (secondary N) is 1. The van der Waals surface area contributed by atoms with Crippen molar-refractivity contribution in [3.8, 4) is 11.5 Å². The van der Waals surface area contributed by atoms with Crippen molar-refractivity contribution >= 4 is 0 Å². The third-order valence-corrected chi connectivity index (χ3v) is 3.40. The third-order valence-electron chi connectivity index (χ3n) is 3.40. The van der Waals surface area contributed by atoms with E-state index in [0.29, 0.717) is 0 Å². The highest BCUT2D eigenvalue weighted by Crippen LogP contribution is 2.24. The second kappa shape index (κ2) is 3.70. The molecule has 2 aromatic heterocycles. The third kappa shape index (κ3) is 1.50. The van der Waals surface area contributed by atoms with E-state index >= 15 is 0 Å². The lowest BCUT2D eigenvalue weighted by Crippen LogP contribution is -2.08. The molecule has 0 atom stereocenters. The Morgan fingerprint density at radius 3 is 2.88 bits per heavy atom. The van der Waals surface area contributed by atoms with Crippen LogP contribution in [-0.2, 0) is 26.7 Å². The standard InChI is InChI=1S/C12H17N5/c1-4-17-11-7-13-6-10(11)14-12(17)9-5-8(2)16(3)15-9/h5,13H,4,6-7H2,1-3H3. The molecule has 1 aliphatic heterocycles. The van der Waals surface area contributed by atoms with Crippen molar-refractivity contribution < 1.29 is 0 Å². The molecule has 0 spiro atoms. The summed E-state index contributed by atoms with van der Waals surface area (Å²) in [5, 5.41) is 7.84. The van der Waals surface area contributed by atoms with Gasteiger partial charge in [0, 0.05) is 32.4 Å². The zero-order chi connectivity index (χ0) is 12.0. The Labute approximate surface area is 100 Å². The summed E-state index contributed by atoms with van der Waals surface area (Å²) in [6.07, 6.45) is 0. The van der Waals surface area contributed by atoms with Crippen molar-refractivity contribution in [1.82, 2.24) is 24.6 Å². The molecule has 0 saturated heterocycles. The second-order valence-corrected chi connectivity index (χ2v) is 4.47. The molecule has 3 rings (SSSR count). The Hall–Kier alpha value is -1.62. The first-order valence-electron chi connectivity index (χ1n) is 6.00. The molecule has 0 aliphatic carbocycles. The van der Waals surface area contributed by atoms with Crippen LogP contribution >= 0.6 is 0 Å². The van der Waals surface area contributed by atoms with Crippen LogP contribution in [0.25, 0.3) is 11.5 Å². The fourth-order valence-electron chi connectivity index (χ4n) is 2.38. The van der Waals surface area contributed by atoms with Gasteiger partial charge in [0.05, 0.1) is 11.4 Å². The van der Waals surface area contributed by atoms with Gasteiger partial charge >= 0.3 is 0 Å². The molecule has 17 heavy (non-hydrogen) atoms. The summed E-state index contributed by atoms with van der Waals surface area (Å²) in [5.41, 5.74) is 4.61. The minimum atomic E-state index is 0.876. The molecule has 5 nitrogen and oxygen atoms in total. The van der Waals surface area contributed by atoms with E-state index in [1.807, 2.05) is 11.7 Å². The molecule has 0 saturated carbocycles. The number of hydrogen-bond acceptors (Lipinski definition) is 3. The van der Waals surface area contributed by atoms with Gasteiger partial charge in [-0.25, -0.2) is 4.98 Å². The van der Waals surface area contributed by atoms with E-state index in [0.717, 1.165) is 36.8 Å². The van der Waals surface area contributed by atoms with Crippen LogP contribution in [0.3, 0.4) is 0 Å². The maximum absolute atomic E-state index is 4.71. The lowest BCUT2D eigenvalue weighted by Gasteiger charge is -2.05. The predicted molar refractivity (Wildman–Crippen MR) is 65.4 cm³/mol. The zero-order valence-electron chi connectivity index (χ0n) is 10.5. The largest absolute Gasteiger partial charge is 0.325 e. The highest BCUT2D eigenvalue weighted by atomic mass is 15.3. The Morgan fingerprint density at radius 1 is 1.41 bits per heavy atom. The van der Waals surface area contributed by atoms with Crippen LogP contribution in [0.15, 0.2) is 6.07 Å². The number of aromatic nitrogens is 4. The van der Waals surface area contributed by atoms with Crippen molar-refractivity contribution in [2.45, 2.75) is 33.5 Å². The molecular weight excluding hydrogens is 214 g/mol. The Balaban J connectivity index is 2.14. The van der Waals surface area contributed by atoms with E-state index in [2.05, 4.69) is 34.9 Å². The van der Waals surface area contributed by atoms with Crippen LogP contribution in [-0.4, -0.2) is 19.3 Å². The molecule has 0 amide bonds. The van der Waals surface area contributed by atoms with Gasteiger partial charge in [0.2, 0.25) is 0 Å². The fourth-order valence-corrected chi connectivity index (χ4v) is 2.38. The molecule has 3 heterocycles. The summed E-state index contributed by atoms with van der Waals surface area (Å²) >= 11 is 0. The van der Waals surface area contributed by atoms with Crippen LogP contribution in [0.1, 0.15) is 24.0 Å². The summed E-state index contributed by atoms with van der Waals surface area (Å²) in [7, 11) is 1.97. The summed E-state index contributed by atoms with van der Waals surface area (Å²) in [4.78, 5) is 4.71. The predicted octanol–water partition coefficient (Wildman–Crippen LogP) is 1.22. The maximum Gasteiger partial charge on any atom is 0.161 e. The first-order valence-corrected chi connectivity index (χ1v) is 6.00. The number of rotatable bonds is 2. The van der Waals surface area contributed by atoms with Crippen LogP contribution in [0.2, 0.25) is 0 Å². The molecule has 5 heteroatoms. The van der Waals surface area contributed by atoms with Crippen molar-refractivity contribution in [3.63, 3.8) is 0 Å². The van der Waals surface area contributed by atoms with Crippen molar-refractivity contribution in [2.24, 2.45) is 7.05 Å². The van der Waals surface area contributed by atoms with E-state index in [-0.39, 0.29) is 0 Å². The molecular formula is C12H17N5. The first kappa shape index (κ1) is 10.5. The molecule has 2 aromatic rings. The fraction of sp³-hybridized carbons (Fsp3) is 0.500. The van der Waals surface area contributed by atoms with Crippen LogP contribution in [0, 0.1) is 6.92 Å². The first-order chi connectivity index (χ1) is 8.20. The average molecular weight is 231 g/mol. The molecule has 1 N–H and O–H groups in total. The number of aryl methyl sites for hydroxylation is 2. The van der Waals surface area contributed by atoms with Gasteiger partial charge in [0.15, 0.2) is 5.82 Å². The topological polar surface area (TPSA) is 47.7 Å². The Kier molecular flexibility index (Phi) is 2.29. The van der Waals surface area contributed by atoms with Gasteiger partial charge < -0.3 is 9.88 Å². The van der Waals surface area contributed by atoms with Gasteiger partial charge in [-0.3, -0.25) is 4.68 Å². The van der Waals surface area contributed by atoms with E-state index in [1.165, 1.54) is 11.4 Å². The smallest absolute Gasteiger partial charge is 0.161 e.